The summed E-state index contributed by atoms with van der Waals surface area (Å²) < 4.78 is 23.8. The molecule has 0 aliphatic carbocycles. The number of ether oxygens (including phenoxy) is 1. The van der Waals surface area contributed by atoms with Gasteiger partial charge < -0.3 is 19.2 Å². The molecule has 1 amide bonds. The van der Waals surface area contributed by atoms with E-state index in [1.807, 2.05) is 0 Å². The minimum Gasteiger partial charge on any atom is -0.497 e. The second kappa shape index (κ2) is 8.87. The monoisotopic (exact) mass is 398 g/mol. The van der Waals surface area contributed by atoms with Gasteiger partial charge in [-0.25, -0.2) is 9.37 Å². The minimum atomic E-state index is -0.817. The van der Waals surface area contributed by atoms with Gasteiger partial charge in [-0.15, -0.1) is 0 Å². The number of likely N-dealkylation sites (N-methyl/N-ethyl adjacent to an activating group) is 1. The van der Waals surface area contributed by atoms with Crippen LogP contribution >= 0.6 is 0 Å². The van der Waals surface area contributed by atoms with E-state index in [-0.39, 0.29) is 24.7 Å². The van der Waals surface area contributed by atoms with Crippen LogP contribution in [0.2, 0.25) is 0 Å². The van der Waals surface area contributed by atoms with E-state index in [2.05, 4.69) is 4.98 Å². The molecule has 152 valence electrons. The summed E-state index contributed by atoms with van der Waals surface area (Å²) >= 11 is 0. The lowest BCUT2D eigenvalue weighted by atomic mass is 10.1. The number of aliphatic hydroxyl groups is 1. The highest BCUT2D eigenvalue weighted by Gasteiger charge is 2.19. The Morgan fingerprint density at radius 2 is 1.86 bits per heavy atom. The van der Waals surface area contributed by atoms with Crippen LogP contribution in [0.1, 0.15) is 23.1 Å². The summed E-state index contributed by atoms with van der Waals surface area (Å²) in [7, 11) is 3.20. The van der Waals surface area contributed by atoms with Crippen molar-refractivity contribution >= 4 is 5.91 Å². The highest BCUT2D eigenvalue weighted by atomic mass is 19.1. The molecule has 3 aromatic rings. The summed E-state index contributed by atoms with van der Waals surface area (Å²) in [6.45, 7) is 1.88. The maximum Gasteiger partial charge on any atom is 0.228 e. The van der Waals surface area contributed by atoms with Crippen LogP contribution in [0.3, 0.4) is 0 Å². The van der Waals surface area contributed by atoms with Crippen molar-refractivity contribution in [2.45, 2.75) is 19.4 Å². The molecule has 0 aliphatic rings. The van der Waals surface area contributed by atoms with Crippen molar-refractivity contribution in [1.82, 2.24) is 9.88 Å². The van der Waals surface area contributed by atoms with Crippen molar-refractivity contribution in [2.75, 3.05) is 20.7 Å². The zero-order valence-electron chi connectivity index (χ0n) is 16.6. The number of hydrogen-bond donors (Lipinski definition) is 1. The average Bonchev–Trinajstić information content (AvgIpc) is 3.08. The van der Waals surface area contributed by atoms with Crippen LogP contribution < -0.4 is 4.74 Å². The molecule has 3 rings (SSSR count). The number of nitrogens with zero attached hydrogens (tertiary/aromatic N) is 2. The van der Waals surface area contributed by atoms with Gasteiger partial charge in [-0.3, -0.25) is 4.79 Å². The second-order valence-corrected chi connectivity index (χ2v) is 6.77. The maximum absolute atomic E-state index is 13.1. The summed E-state index contributed by atoms with van der Waals surface area (Å²) in [5.74, 6) is 1.03. The van der Waals surface area contributed by atoms with Gasteiger partial charge in [0.05, 0.1) is 31.9 Å². The van der Waals surface area contributed by atoms with Crippen LogP contribution in [-0.2, 0) is 11.2 Å². The van der Waals surface area contributed by atoms with E-state index >= 15 is 0 Å². The van der Waals surface area contributed by atoms with Crippen molar-refractivity contribution in [3.05, 3.63) is 71.4 Å². The van der Waals surface area contributed by atoms with E-state index in [0.29, 0.717) is 34.2 Å². The van der Waals surface area contributed by atoms with Gasteiger partial charge in [-0.1, -0.05) is 12.1 Å². The number of hydrogen-bond acceptors (Lipinski definition) is 5. The lowest BCUT2D eigenvalue weighted by Crippen LogP contribution is -2.32. The van der Waals surface area contributed by atoms with E-state index in [4.69, 9.17) is 9.15 Å². The number of aliphatic hydroxyl groups excluding tert-OH is 1. The molecule has 0 aliphatic heterocycles. The summed E-state index contributed by atoms with van der Waals surface area (Å²) in [6.07, 6.45) is -0.773. The van der Waals surface area contributed by atoms with Crippen molar-refractivity contribution < 1.29 is 23.4 Å². The van der Waals surface area contributed by atoms with Crippen LogP contribution in [0.15, 0.2) is 52.9 Å². The first-order valence-corrected chi connectivity index (χ1v) is 9.15. The summed E-state index contributed by atoms with van der Waals surface area (Å²) in [4.78, 5) is 18.4. The number of aryl methyl sites for hydroxylation is 1. The molecule has 1 unspecified atom stereocenters. The van der Waals surface area contributed by atoms with Gasteiger partial charge in [0.2, 0.25) is 11.8 Å². The number of oxazole rings is 1. The summed E-state index contributed by atoms with van der Waals surface area (Å²) in [5.41, 5.74) is 1.85. The molecule has 1 atom stereocenters. The van der Waals surface area contributed by atoms with Crippen LogP contribution in [0, 0.1) is 12.7 Å². The van der Waals surface area contributed by atoms with Gasteiger partial charge >= 0.3 is 0 Å². The van der Waals surface area contributed by atoms with Crippen LogP contribution in [-0.4, -0.2) is 41.6 Å². The molecule has 0 fully saturated rings. The number of methoxy groups -OCH3 is 1. The fourth-order valence-electron chi connectivity index (χ4n) is 2.88. The maximum atomic E-state index is 13.1. The Bertz CT molecular complexity index is 967. The highest BCUT2D eigenvalue weighted by Crippen LogP contribution is 2.23. The Morgan fingerprint density at radius 3 is 2.48 bits per heavy atom. The number of rotatable bonds is 7. The topological polar surface area (TPSA) is 75.8 Å². The first-order chi connectivity index (χ1) is 13.9. The number of carbonyl (C=O) groups is 1. The third-order valence-corrected chi connectivity index (χ3v) is 4.68. The molecular formula is C22H23FN2O4. The zero-order valence-corrected chi connectivity index (χ0v) is 16.6. The summed E-state index contributed by atoms with van der Waals surface area (Å²) in [5, 5.41) is 10.4. The van der Waals surface area contributed by atoms with Crippen molar-refractivity contribution in [1.29, 1.82) is 0 Å². The van der Waals surface area contributed by atoms with Gasteiger partial charge in [-0.05, 0) is 48.9 Å². The number of amides is 1. The standard InChI is InChI=1S/C22H23FN2O4/c1-14-19(24-22(29-14)16-4-8-17(23)9-5-16)12-21(27)25(2)13-20(26)15-6-10-18(28-3)11-7-15/h4-11,20,26H,12-13H2,1-3H3. The molecular weight excluding hydrogens is 375 g/mol. The first-order valence-electron chi connectivity index (χ1n) is 9.15. The fourth-order valence-corrected chi connectivity index (χ4v) is 2.88. The Balaban J connectivity index is 1.63. The van der Waals surface area contributed by atoms with Crippen LogP contribution in [0.25, 0.3) is 11.5 Å². The Labute approximate surface area is 168 Å². The molecule has 1 heterocycles. The predicted octanol–water partition coefficient (Wildman–Crippen LogP) is 3.53. The first kappa shape index (κ1) is 20.5. The molecule has 0 saturated carbocycles. The Hall–Kier alpha value is -3.19. The second-order valence-electron chi connectivity index (χ2n) is 6.77. The largest absolute Gasteiger partial charge is 0.497 e. The quantitative estimate of drug-likeness (QED) is 0.659. The molecule has 7 heteroatoms. The third-order valence-electron chi connectivity index (χ3n) is 4.68. The highest BCUT2D eigenvalue weighted by molar-refractivity contribution is 5.78. The number of halogens is 1. The van der Waals surface area contributed by atoms with Gasteiger partial charge in [0, 0.05) is 12.6 Å². The lowest BCUT2D eigenvalue weighted by Gasteiger charge is -2.21. The average molecular weight is 398 g/mol. The Morgan fingerprint density at radius 1 is 1.21 bits per heavy atom. The SMILES string of the molecule is COc1ccc(C(O)CN(C)C(=O)Cc2nc(-c3ccc(F)cc3)oc2C)cc1. The number of carbonyl (C=O) groups excluding carboxylic acids is 1. The molecule has 29 heavy (non-hydrogen) atoms. The molecule has 2 aromatic carbocycles. The van der Waals surface area contributed by atoms with Crippen molar-refractivity contribution in [3.8, 4) is 17.2 Å². The molecule has 1 aromatic heterocycles. The minimum absolute atomic E-state index is 0.0440. The van der Waals surface area contributed by atoms with E-state index in [9.17, 15) is 14.3 Å². The van der Waals surface area contributed by atoms with Crippen molar-refractivity contribution in [2.24, 2.45) is 0 Å². The molecule has 0 radical (unpaired) electrons. The number of aromatic nitrogens is 1. The molecule has 0 saturated heterocycles. The van der Waals surface area contributed by atoms with Gasteiger partial charge in [0.25, 0.3) is 0 Å². The fraction of sp³-hybridized carbons (Fsp3) is 0.273. The van der Waals surface area contributed by atoms with Gasteiger partial charge in [-0.2, -0.15) is 0 Å². The van der Waals surface area contributed by atoms with Crippen LogP contribution in [0.4, 0.5) is 4.39 Å². The lowest BCUT2D eigenvalue weighted by molar-refractivity contribution is -0.130. The Kier molecular flexibility index (Phi) is 6.29. The normalized spacial score (nSPS) is 11.9. The predicted molar refractivity (Wildman–Crippen MR) is 106 cm³/mol. The van der Waals surface area contributed by atoms with Crippen LogP contribution in [0.5, 0.6) is 5.75 Å². The van der Waals surface area contributed by atoms with Gasteiger partial charge in [0.15, 0.2) is 0 Å². The summed E-state index contributed by atoms with van der Waals surface area (Å²) in [6, 6.07) is 12.8. The van der Waals surface area contributed by atoms with Crippen molar-refractivity contribution in [3.63, 3.8) is 0 Å². The van der Waals surface area contributed by atoms with E-state index in [1.165, 1.54) is 17.0 Å². The molecule has 6 nitrogen and oxygen atoms in total. The molecule has 0 bridgehead atoms. The molecule has 0 spiro atoms. The van der Waals surface area contributed by atoms with Gasteiger partial charge in [0.1, 0.15) is 17.3 Å². The zero-order chi connectivity index (χ0) is 21.0. The van der Waals surface area contributed by atoms with E-state index in [0.717, 1.165) is 0 Å². The smallest absolute Gasteiger partial charge is 0.228 e. The van der Waals surface area contributed by atoms with E-state index < -0.39 is 6.10 Å². The number of benzene rings is 2. The van der Waals surface area contributed by atoms with E-state index in [1.54, 1.807) is 57.5 Å². The molecule has 1 N–H and O–H groups in total. The third kappa shape index (κ3) is 5.00.